The summed E-state index contributed by atoms with van der Waals surface area (Å²) < 4.78 is 28.3. The summed E-state index contributed by atoms with van der Waals surface area (Å²) in [5.74, 6) is -0.707. The molecule has 2 rings (SSSR count). The number of sulfonamides is 1. The second kappa shape index (κ2) is 15.9. The zero-order valence-electron chi connectivity index (χ0n) is 22.3. The van der Waals surface area contributed by atoms with Gasteiger partial charge in [0.2, 0.25) is 21.8 Å². The highest BCUT2D eigenvalue weighted by molar-refractivity contribution is 8.13. The number of rotatable bonds is 15. The van der Waals surface area contributed by atoms with E-state index in [4.69, 9.17) is 5.41 Å². The predicted octanol–water partition coefficient (Wildman–Crippen LogP) is 3.76. The highest BCUT2D eigenvalue weighted by Gasteiger charge is 2.31. The number of thioether (sulfide) groups is 2. The van der Waals surface area contributed by atoms with E-state index in [1.54, 1.807) is 36.0 Å². The molecule has 208 valence electrons. The van der Waals surface area contributed by atoms with Gasteiger partial charge in [-0.15, -0.1) is 11.8 Å². The molecule has 2 aromatic rings. The van der Waals surface area contributed by atoms with Crippen molar-refractivity contribution in [3.63, 3.8) is 0 Å². The maximum Gasteiger partial charge on any atom is 0.242 e. The van der Waals surface area contributed by atoms with Crippen LogP contribution in [0.4, 0.5) is 0 Å². The van der Waals surface area contributed by atoms with Gasteiger partial charge in [-0.05, 0) is 41.7 Å². The average molecular weight is 579 g/mol. The molecule has 8 nitrogen and oxygen atoms in total. The largest absolute Gasteiger partial charge is 0.350 e. The second-order valence-corrected chi connectivity index (χ2v) is 12.6. The molecule has 0 radical (unpaired) electrons. The molecule has 0 aliphatic heterocycles. The molecule has 0 fully saturated rings. The fourth-order valence-electron chi connectivity index (χ4n) is 3.66. The Morgan fingerprint density at radius 1 is 0.974 bits per heavy atom. The minimum Gasteiger partial charge on any atom is -0.350 e. The summed E-state index contributed by atoms with van der Waals surface area (Å²) in [5.41, 5.74) is 2.31. The van der Waals surface area contributed by atoms with E-state index in [1.807, 2.05) is 56.7 Å². The third kappa shape index (κ3) is 10.4. The quantitative estimate of drug-likeness (QED) is 0.188. The minimum atomic E-state index is -3.80. The molecular formula is C27H38N4O4S3. The van der Waals surface area contributed by atoms with Crippen molar-refractivity contribution >= 4 is 50.4 Å². The number of hydrogen-bond donors (Lipinski definition) is 4. The summed E-state index contributed by atoms with van der Waals surface area (Å²) in [6, 6.07) is 14.4. The monoisotopic (exact) mass is 578 g/mol. The van der Waals surface area contributed by atoms with Crippen LogP contribution in [0.2, 0.25) is 0 Å². The molecule has 0 saturated carbocycles. The van der Waals surface area contributed by atoms with Crippen LogP contribution >= 0.6 is 23.5 Å². The molecule has 38 heavy (non-hydrogen) atoms. The molecule has 0 bridgehead atoms. The lowest BCUT2D eigenvalue weighted by atomic mass is 9.99. The van der Waals surface area contributed by atoms with Crippen LogP contribution in [-0.4, -0.2) is 55.6 Å². The molecule has 11 heteroatoms. The average Bonchev–Trinajstić information content (AvgIpc) is 2.92. The van der Waals surface area contributed by atoms with Crippen molar-refractivity contribution in [3.05, 3.63) is 71.3 Å². The van der Waals surface area contributed by atoms with Crippen LogP contribution in [0.15, 0.2) is 54.6 Å². The van der Waals surface area contributed by atoms with Crippen LogP contribution < -0.4 is 15.4 Å². The normalized spacial score (nSPS) is 13.8. The first kappa shape index (κ1) is 31.9. The van der Waals surface area contributed by atoms with Gasteiger partial charge >= 0.3 is 0 Å². The van der Waals surface area contributed by atoms with E-state index in [1.165, 1.54) is 11.8 Å². The lowest BCUT2D eigenvalue weighted by Crippen LogP contribution is -2.55. The fraction of sp³-hybridized carbons (Fsp3) is 0.444. The van der Waals surface area contributed by atoms with Crippen molar-refractivity contribution < 1.29 is 18.0 Å². The molecule has 0 saturated heterocycles. The lowest BCUT2D eigenvalue weighted by Gasteiger charge is -2.26. The zero-order valence-corrected chi connectivity index (χ0v) is 24.8. The molecule has 4 N–H and O–H groups in total. The van der Waals surface area contributed by atoms with Crippen LogP contribution in [0.1, 0.15) is 43.4 Å². The number of carbonyl (C=O) groups is 2. The van der Waals surface area contributed by atoms with Crippen molar-refractivity contribution in [2.45, 2.75) is 51.1 Å². The fourth-order valence-corrected chi connectivity index (χ4v) is 5.95. The second-order valence-electron chi connectivity index (χ2n) is 9.02. The molecule has 2 aromatic carbocycles. The highest BCUT2D eigenvalue weighted by atomic mass is 32.2. The highest BCUT2D eigenvalue weighted by Crippen LogP contribution is 2.14. The SMILES string of the molecule is CCC(C)[C@@H](NS(=O)(=O)Cc1ccccc1)C(=O)N[C@@H](CCSC)C(=O)NCc1ccc(C(=N)SC)cc1. The van der Waals surface area contributed by atoms with Gasteiger partial charge in [-0.3, -0.25) is 15.0 Å². The summed E-state index contributed by atoms with van der Waals surface area (Å²) >= 11 is 2.92. The van der Waals surface area contributed by atoms with E-state index < -0.39 is 28.0 Å². The van der Waals surface area contributed by atoms with Gasteiger partial charge in [-0.1, -0.05) is 74.9 Å². The van der Waals surface area contributed by atoms with E-state index in [-0.39, 0.29) is 24.1 Å². The third-order valence-corrected chi connectivity index (χ3v) is 8.75. The maximum atomic E-state index is 13.3. The Bertz CT molecular complexity index is 1160. The van der Waals surface area contributed by atoms with E-state index in [9.17, 15) is 18.0 Å². The lowest BCUT2D eigenvalue weighted by molar-refractivity contribution is -0.130. The molecule has 0 aromatic heterocycles. The molecule has 0 heterocycles. The third-order valence-electron chi connectivity index (χ3n) is 6.13. The number of carbonyl (C=O) groups excluding carboxylic acids is 2. The Labute approximate surface area is 235 Å². The standard InChI is InChI=1S/C27H38N4O4S3/c1-5-19(2)24(31-38(34,35)18-21-9-7-6-8-10-21)27(33)30-23(15-16-36-3)26(32)29-17-20-11-13-22(14-12-20)25(28)37-4/h6-14,19,23-24,28,31H,5,15-18H2,1-4H3,(H,29,32)(H,30,33)/t19?,23-,24+/m0/s1. The smallest absolute Gasteiger partial charge is 0.242 e. The first-order valence-electron chi connectivity index (χ1n) is 12.4. The van der Waals surface area contributed by atoms with Gasteiger partial charge < -0.3 is 10.6 Å². The number of nitrogens with one attached hydrogen (secondary N) is 4. The predicted molar refractivity (Wildman–Crippen MR) is 159 cm³/mol. The molecular weight excluding hydrogens is 541 g/mol. The van der Waals surface area contributed by atoms with Gasteiger partial charge in [0, 0.05) is 12.1 Å². The molecule has 1 unspecified atom stereocenters. The van der Waals surface area contributed by atoms with Crippen LogP contribution in [0.3, 0.4) is 0 Å². The summed E-state index contributed by atoms with van der Waals surface area (Å²) in [5, 5.41) is 14.0. The minimum absolute atomic E-state index is 0.236. The van der Waals surface area contributed by atoms with Gasteiger partial charge in [-0.25, -0.2) is 13.1 Å². The van der Waals surface area contributed by atoms with E-state index in [0.29, 0.717) is 29.2 Å². The van der Waals surface area contributed by atoms with Crippen LogP contribution in [0, 0.1) is 11.3 Å². The van der Waals surface area contributed by atoms with Crippen LogP contribution in [0.25, 0.3) is 0 Å². The summed E-state index contributed by atoms with van der Waals surface area (Å²) in [7, 11) is -3.80. The van der Waals surface area contributed by atoms with E-state index in [2.05, 4.69) is 15.4 Å². The van der Waals surface area contributed by atoms with Gasteiger partial charge in [0.25, 0.3) is 0 Å². The first-order chi connectivity index (χ1) is 18.1. The van der Waals surface area contributed by atoms with Crippen LogP contribution in [-0.2, 0) is 31.9 Å². The summed E-state index contributed by atoms with van der Waals surface area (Å²) in [6.45, 7) is 3.97. The van der Waals surface area contributed by atoms with Crippen molar-refractivity contribution in [2.75, 3.05) is 18.3 Å². The van der Waals surface area contributed by atoms with Gasteiger partial charge in [0.05, 0.1) is 10.8 Å². The van der Waals surface area contributed by atoms with Crippen molar-refractivity contribution in [1.29, 1.82) is 5.41 Å². The first-order valence-corrected chi connectivity index (χ1v) is 16.7. The molecule has 0 aliphatic rings. The van der Waals surface area contributed by atoms with Crippen molar-refractivity contribution in [2.24, 2.45) is 5.92 Å². The Hall–Kier alpha value is -2.34. The molecule has 3 atom stereocenters. The number of benzene rings is 2. The molecule has 0 spiro atoms. The Balaban J connectivity index is 2.09. The van der Waals surface area contributed by atoms with Gasteiger partial charge in [-0.2, -0.15) is 11.8 Å². The van der Waals surface area contributed by atoms with Crippen LogP contribution in [0.5, 0.6) is 0 Å². The topological polar surface area (TPSA) is 128 Å². The van der Waals surface area contributed by atoms with E-state index in [0.717, 1.165) is 11.1 Å². The summed E-state index contributed by atoms with van der Waals surface area (Å²) in [6.07, 6.45) is 4.76. The Kier molecular flexibility index (Phi) is 13.4. The summed E-state index contributed by atoms with van der Waals surface area (Å²) in [4.78, 5) is 26.4. The molecule has 0 aliphatic carbocycles. The maximum absolute atomic E-state index is 13.3. The molecule has 2 amide bonds. The Morgan fingerprint density at radius 3 is 2.21 bits per heavy atom. The zero-order chi connectivity index (χ0) is 28.1. The van der Waals surface area contributed by atoms with E-state index >= 15 is 0 Å². The van der Waals surface area contributed by atoms with Gasteiger partial charge in [0.1, 0.15) is 12.1 Å². The van der Waals surface area contributed by atoms with Crippen molar-refractivity contribution in [1.82, 2.24) is 15.4 Å². The number of hydrogen-bond acceptors (Lipinski definition) is 7. The number of amides is 2. The van der Waals surface area contributed by atoms with Gasteiger partial charge in [0.15, 0.2) is 0 Å². The van der Waals surface area contributed by atoms with Crippen molar-refractivity contribution in [3.8, 4) is 0 Å². The Morgan fingerprint density at radius 2 is 1.63 bits per heavy atom.